The van der Waals surface area contributed by atoms with Crippen molar-refractivity contribution in [3.8, 4) is 0 Å². The number of ether oxygens (including phenoxy) is 1. The van der Waals surface area contributed by atoms with Crippen molar-refractivity contribution in [2.24, 2.45) is 5.92 Å². The molecule has 0 radical (unpaired) electrons. The molecule has 3 atom stereocenters. The van der Waals surface area contributed by atoms with Crippen LogP contribution < -0.4 is 5.32 Å². The number of aromatic nitrogens is 3. The van der Waals surface area contributed by atoms with Crippen LogP contribution in [-0.4, -0.2) is 34.2 Å². The Morgan fingerprint density at radius 1 is 1.47 bits per heavy atom. The molecular formula is C14H26N4O. The maximum atomic E-state index is 5.85. The summed E-state index contributed by atoms with van der Waals surface area (Å²) in [6.45, 7) is 9.28. The fraction of sp³-hybridized carbons (Fsp3) is 0.857. The zero-order chi connectivity index (χ0) is 13.7. The number of aryl methyl sites for hydroxylation is 1. The zero-order valence-corrected chi connectivity index (χ0v) is 12.3. The molecule has 1 aliphatic heterocycles. The topological polar surface area (TPSA) is 52.0 Å². The van der Waals surface area contributed by atoms with E-state index in [1.807, 2.05) is 10.9 Å². The van der Waals surface area contributed by atoms with Crippen LogP contribution in [0.5, 0.6) is 0 Å². The van der Waals surface area contributed by atoms with Gasteiger partial charge in [0.25, 0.3) is 0 Å². The Bertz CT molecular complexity index is 379. The Balaban J connectivity index is 2.21. The molecule has 5 nitrogen and oxygen atoms in total. The van der Waals surface area contributed by atoms with Gasteiger partial charge < -0.3 is 10.1 Å². The second-order valence-electron chi connectivity index (χ2n) is 5.19. The molecule has 5 heteroatoms. The van der Waals surface area contributed by atoms with E-state index in [9.17, 15) is 0 Å². The first-order chi connectivity index (χ1) is 9.31. The van der Waals surface area contributed by atoms with Crippen LogP contribution in [0.1, 0.15) is 51.8 Å². The maximum Gasteiger partial charge on any atom is 0.0760 e. The third kappa shape index (κ3) is 3.15. The predicted octanol–water partition coefficient (Wildman–Crippen LogP) is 2.15. The third-order valence-corrected chi connectivity index (χ3v) is 3.92. The predicted molar refractivity (Wildman–Crippen MR) is 74.9 cm³/mol. The summed E-state index contributed by atoms with van der Waals surface area (Å²) in [6.07, 6.45) is 5.53. The van der Waals surface area contributed by atoms with Crippen LogP contribution in [0.2, 0.25) is 0 Å². The largest absolute Gasteiger partial charge is 0.378 e. The number of hydrogen-bond acceptors (Lipinski definition) is 4. The number of nitrogens with zero attached hydrogens (tertiary/aromatic N) is 3. The van der Waals surface area contributed by atoms with Gasteiger partial charge in [-0.15, -0.1) is 5.10 Å². The minimum Gasteiger partial charge on any atom is -0.378 e. The second-order valence-corrected chi connectivity index (χ2v) is 5.19. The van der Waals surface area contributed by atoms with E-state index in [1.54, 1.807) is 0 Å². The standard InChI is InChI=1S/C14H26N4O/c1-4-8-18-12(10-16-17-18)14(15-6-3)11-7-9-19-13(11)5-2/h10-11,13-15H,4-9H2,1-3H3. The number of rotatable bonds is 7. The van der Waals surface area contributed by atoms with Gasteiger partial charge in [0.15, 0.2) is 0 Å². The Kier molecular flexibility index (Phi) is 5.34. The van der Waals surface area contributed by atoms with Crippen molar-refractivity contribution in [2.45, 2.75) is 58.7 Å². The maximum absolute atomic E-state index is 5.85. The molecule has 1 aromatic rings. The van der Waals surface area contributed by atoms with E-state index < -0.39 is 0 Å². The van der Waals surface area contributed by atoms with Crippen LogP contribution in [0.3, 0.4) is 0 Å². The number of hydrogen-bond donors (Lipinski definition) is 1. The highest BCUT2D eigenvalue weighted by atomic mass is 16.5. The average Bonchev–Trinajstić information content (AvgIpc) is 3.05. The lowest BCUT2D eigenvalue weighted by Gasteiger charge is -2.28. The van der Waals surface area contributed by atoms with Crippen molar-refractivity contribution in [1.29, 1.82) is 0 Å². The van der Waals surface area contributed by atoms with E-state index in [-0.39, 0.29) is 0 Å². The molecule has 1 saturated heterocycles. The first-order valence-corrected chi connectivity index (χ1v) is 7.55. The third-order valence-electron chi connectivity index (χ3n) is 3.92. The fourth-order valence-corrected chi connectivity index (χ4v) is 3.05. The molecular weight excluding hydrogens is 240 g/mol. The van der Waals surface area contributed by atoms with E-state index in [0.29, 0.717) is 18.1 Å². The summed E-state index contributed by atoms with van der Waals surface area (Å²) in [5.74, 6) is 0.527. The molecule has 3 unspecified atom stereocenters. The summed E-state index contributed by atoms with van der Waals surface area (Å²) in [5.41, 5.74) is 1.21. The van der Waals surface area contributed by atoms with Gasteiger partial charge in [0, 0.05) is 19.1 Å². The summed E-state index contributed by atoms with van der Waals surface area (Å²) in [6, 6.07) is 0.305. The summed E-state index contributed by atoms with van der Waals surface area (Å²) in [4.78, 5) is 0. The quantitative estimate of drug-likeness (QED) is 0.821. The molecule has 19 heavy (non-hydrogen) atoms. The van der Waals surface area contributed by atoms with Gasteiger partial charge in [-0.2, -0.15) is 0 Å². The number of nitrogens with one attached hydrogen (secondary N) is 1. The van der Waals surface area contributed by atoms with Crippen LogP contribution in [0, 0.1) is 5.92 Å². The van der Waals surface area contributed by atoms with Gasteiger partial charge in [-0.25, -0.2) is 4.68 Å². The molecule has 1 N–H and O–H groups in total. The lowest BCUT2D eigenvalue weighted by molar-refractivity contribution is 0.0765. The molecule has 1 aromatic heterocycles. The molecule has 0 aromatic carbocycles. The van der Waals surface area contributed by atoms with Gasteiger partial charge in [0.1, 0.15) is 0 Å². The summed E-state index contributed by atoms with van der Waals surface area (Å²) in [7, 11) is 0. The van der Waals surface area contributed by atoms with Crippen molar-refractivity contribution < 1.29 is 4.74 Å². The Morgan fingerprint density at radius 2 is 2.32 bits per heavy atom. The molecule has 0 aliphatic carbocycles. The van der Waals surface area contributed by atoms with E-state index in [0.717, 1.165) is 39.0 Å². The monoisotopic (exact) mass is 266 g/mol. The SMILES string of the molecule is CCCn1nncc1C(NCC)C1CCOC1CC. The van der Waals surface area contributed by atoms with Crippen LogP contribution in [0.15, 0.2) is 6.20 Å². The fourth-order valence-electron chi connectivity index (χ4n) is 3.05. The molecule has 108 valence electrons. The Hall–Kier alpha value is -0.940. The van der Waals surface area contributed by atoms with Gasteiger partial charge in [-0.05, 0) is 25.8 Å². The minimum absolute atomic E-state index is 0.305. The highest BCUT2D eigenvalue weighted by Gasteiger charge is 2.35. The van der Waals surface area contributed by atoms with Gasteiger partial charge >= 0.3 is 0 Å². The summed E-state index contributed by atoms with van der Waals surface area (Å²) >= 11 is 0. The highest BCUT2D eigenvalue weighted by Crippen LogP contribution is 2.34. The summed E-state index contributed by atoms with van der Waals surface area (Å²) < 4.78 is 7.89. The van der Waals surface area contributed by atoms with Crippen molar-refractivity contribution in [2.75, 3.05) is 13.2 Å². The van der Waals surface area contributed by atoms with E-state index in [1.165, 1.54) is 5.69 Å². The van der Waals surface area contributed by atoms with E-state index in [4.69, 9.17) is 4.74 Å². The van der Waals surface area contributed by atoms with Gasteiger partial charge in [-0.3, -0.25) is 0 Å². The first-order valence-electron chi connectivity index (χ1n) is 7.55. The average molecular weight is 266 g/mol. The lowest BCUT2D eigenvalue weighted by Crippen LogP contribution is -2.34. The molecule has 0 spiro atoms. The smallest absolute Gasteiger partial charge is 0.0760 e. The molecule has 2 rings (SSSR count). The van der Waals surface area contributed by atoms with Crippen molar-refractivity contribution in [3.05, 3.63) is 11.9 Å². The van der Waals surface area contributed by atoms with Gasteiger partial charge in [0.2, 0.25) is 0 Å². The second kappa shape index (κ2) is 7.01. The highest BCUT2D eigenvalue weighted by molar-refractivity contribution is 5.06. The van der Waals surface area contributed by atoms with Crippen LogP contribution in [0.25, 0.3) is 0 Å². The molecule has 1 aliphatic rings. The van der Waals surface area contributed by atoms with Gasteiger partial charge in [-0.1, -0.05) is 26.0 Å². The minimum atomic E-state index is 0.305. The van der Waals surface area contributed by atoms with Crippen LogP contribution in [0.4, 0.5) is 0 Å². The van der Waals surface area contributed by atoms with E-state index in [2.05, 4.69) is 36.4 Å². The zero-order valence-electron chi connectivity index (χ0n) is 12.3. The van der Waals surface area contributed by atoms with Crippen LogP contribution >= 0.6 is 0 Å². The van der Waals surface area contributed by atoms with Crippen LogP contribution in [-0.2, 0) is 11.3 Å². The molecule has 0 saturated carbocycles. The first kappa shape index (κ1) is 14.5. The summed E-state index contributed by atoms with van der Waals surface area (Å²) in [5, 5.41) is 11.9. The molecule has 2 heterocycles. The Labute approximate surface area is 115 Å². The van der Waals surface area contributed by atoms with Crippen molar-refractivity contribution in [3.63, 3.8) is 0 Å². The Morgan fingerprint density at radius 3 is 3.00 bits per heavy atom. The molecule has 1 fully saturated rings. The van der Waals surface area contributed by atoms with E-state index >= 15 is 0 Å². The van der Waals surface area contributed by atoms with Gasteiger partial charge in [0.05, 0.1) is 24.0 Å². The lowest BCUT2D eigenvalue weighted by atomic mass is 9.89. The molecule has 0 bridgehead atoms. The van der Waals surface area contributed by atoms with Crippen molar-refractivity contribution in [1.82, 2.24) is 20.3 Å². The van der Waals surface area contributed by atoms with Crippen molar-refractivity contribution >= 4 is 0 Å². The normalized spacial score (nSPS) is 24.8. The molecule has 0 amide bonds.